The monoisotopic (exact) mass is 212 g/mol. The van der Waals surface area contributed by atoms with E-state index in [2.05, 4.69) is 18.8 Å². The summed E-state index contributed by atoms with van der Waals surface area (Å²) in [5, 5.41) is 0.672. The van der Waals surface area contributed by atoms with E-state index < -0.39 is 0 Å². The first-order valence-electron chi connectivity index (χ1n) is 4.94. The summed E-state index contributed by atoms with van der Waals surface area (Å²) in [5.74, 6) is 0.636. The summed E-state index contributed by atoms with van der Waals surface area (Å²) in [6, 6.07) is 3.98. The minimum atomic E-state index is 0.198. The van der Waals surface area contributed by atoms with Crippen molar-refractivity contribution in [2.24, 2.45) is 11.7 Å². The van der Waals surface area contributed by atoms with Crippen molar-refractivity contribution in [3.05, 3.63) is 29.0 Å². The summed E-state index contributed by atoms with van der Waals surface area (Å²) >= 11 is 5.74. The van der Waals surface area contributed by atoms with Crippen LogP contribution in [-0.4, -0.2) is 11.0 Å². The van der Waals surface area contributed by atoms with Crippen molar-refractivity contribution in [2.45, 2.75) is 32.7 Å². The standard InChI is InChI=1S/C11H17ClN2/c1-8(2)5-10(13)6-11-4-3-9(12)7-14-11/h3-4,7-8,10H,5-6,13H2,1-2H3. The van der Waals surface area contributed by atoms with Crippen molar-refractivity contribution in [1.82, 2.24) is 4.98 Å². The van der Waals surface area contributed by atoms with Gasteiger partial charge in [0.15, 0.2) is 0 Å². The minimum Gasteiger partial charge on any atom is -0.327 e. The summed E-state index contributed by atoms with van der Waals surface area (Å²) in [5.41, 5.74) is 6.99. The fourth-order valence-electron chi connectivity index (χ4n) is 1.48. The lowest BCUT2D eigenvalue weighted by atomic mass is 10.0. The molecule has 0 saturated carbocycles. The molecule has 2 nitrogen and oxygen atoms in total. The van der Waals surface area contributed by atoms with E-state index in [-0.39, 0.29) is 6.04 Å². The van der Waals surface area contributed by atoms with E-state index in [1.165, 1.54) is 0 Å². The number of rotatable bonds is 4. The van der Waals surface area contributed by atoms with E-state index in [1.54, 1.807) is 6.20 Å². The molecule has 1 aromatic heterocycles. The predicted molar refractivity (Wildman–Crippen MR) is 60.4 cm³/mol. The van der Waals surface area contributed by atoms with Crippen molar-refractivity contribution >= 4 is 11.6 Å². The highest BCUT2D eigenvalue weighted by molar-refractivity contribution is 6.30. The van der Waals surface area contributed by atoms with Gasteiger partial charge in [-0.2, -0.15) is 0 Å². The molecule has 0 radical (unpaired) electrons. The quantitative estimate of drug-likeness (QED) is 0.834. The average Bonchev–Trinajstić information content (AvgIpc) is 2.07. The molecule has 0 aliphatic heterocycles. The van der Waals surface area contributed by atoms with E-state index in [4.69, 9.17) is 17.3 Å². The van der Waals surface area contributed by atoms with Crippen LogP contribution in [0.15, 0.2) is 18.3 Å². The van der Waals surface area contributed by atoms with Crippen LogP contribution in [0.4, 0.5) is 0 Å². The second kappa shape index (κ2) is 5.32. The minimum absolute atomic E-state index is 0.198. The molecule has 1 aromatic rings. The van der Waals surface area contributed by atoms with Crippen LogP contribution >= 0.6 is 11.6 Å². The van der Waals surface area contributed by atoms with Crippen LogP contribution < -0.4 is 5.73 Å². The van der Waals surface area contributed by atoms with Crippen LogP contribution in [0.3, 0.4) is 0 Å². The Kier molecular flexibility index (Phi) is 4.36. The topological polar surface area (TPSA) is 38.9 Å². The summed E-state index contributed by atoms with van der Waals surface area (Å²) in [7, 11) is 0. The molecule has 14 heavy (non-hydrogen) atoms. The molecule has 1 atom stereocenters. The van der Waals surface area contributed by atoms with Crippen LogP contribution in [0.1, 0.15) is 26.0 Å². The molecule has 0 aliphatic rings. The molecule has 0 bridgehead atoms. The fourth-order valence-corrected chi connectivity index (χ4v) is 1.60. The highest BCUT2D eigenvalue weighted by Crippen LogP contribution is 2.10. The van der Waals surface area contributed by atoms with Gasteiger partial charge in [0.2, 0.25) is 0 Å². The fraction of sp³-hybridized carbons (Fsp3) is 0.545. The molecule has 0 aliphatic carbocycles. The van der Waals surface area contributed by atoms with Crippen molar-refractivity contribution in [2.75, 3.05) is 0 Å². The van der Waals surface area contributed by atoms with E-state index in [0.717, 1.165) is 18.5 Å². The molecular weight excluding hydrogens is 196 g/mol. The van der Waals surface area contributed by atoms with Crippen molar-refractivity contribution < 1.29 is 0 Å². The number of hydrogen-bond acceptors (Lipinski definition) is 2. The van der Waals surface area contributed by atoms with Crippen LogP contribution in [0.5, 0.6) is 0 Å². The number of aromatic nitrogens is 1. The molecular formula is C11H17ClN2. The predicted octanol–water partition coefficient (Wildman–Crippen LogP) is 2.65. The summed E-state index contributed by atoms with van der Waals surface area (Å²) < 4.78 is 0. The first-order valence-corrected chi connectivity index (χ1v) is 5.31. The second-order valence-electron chi connectivity index (χ2n) is 4.06. The van der Waals surface area contributed by atoms with Crippen molar-refractivity contribution in [3.8, 4) is 0 Å². The summed E-state index contributed by atoms with van der Waals surface area (Å²) in [6.07, 6.45) is 3.53. The largest absolute Gasteiger partial charge is 0.327 e. The van der Waals surface area contributed by atoms with E-state index >= 15 is 0 Å². The molecule has 1 unspecified atom stereocenters. The zero-order valence-corrected chi connectivity index (χ0v) is 9.46. The van der Waals surface area contributed by atoms with Crippen LogP contribution in [0.25, 0.3) is 0 Å². The van der Waals surface area contributed by atoms with Crippen molar-refractivity contribution in [3.63, 3.8) is 0 Å². The molecule has 3 heteroatoms. The SMILES string of the molecule is CC(C)CC(N)Cc1ccc(Cl)cn1. The van der Waals surface area contributed by atoms with Gasteiger partial charge < -0.3 is 5.73 Å². The van der Waals surface area contributed by atoms with Gasteiger partial charge >= 0.3 is 0 Å². The molecule has 1 heterocycles. The Morgan fingerprint density at radius 3 is 2.64 bits per heavy atom. The van der Waals surface area contributed by atoms with E-state index in [9.17, 15) is 0 Å². The average molecular weight is 213 g/mol. The molecule has 0 fully saturated rings. The van der Waals surface area contributed by atoms with Gasteiger partial charge in [-0.1, -0.05) is 25.4 Å². The highest BCUT2D eigenvalue weighted by Gasteiger charge is 2.07. The van der Waals surface area contributed by atoms with Gasteiger partial charge in [0, 0.05) is 24.4 Å². The Morgan fingerprint density at radius 1 is 1.43 bits per heavy atom. The molecule has 1 rings (SSSR count). The number of pyridine rings is 1. The number of nitrogens with two attached hydrogens (primary N) is 1. The maximum atomic E-state index is 5.97. The number of halogens is 1. The Labute approximate surface area is 90.5 Å². The Bertz CT molecular complexity index is 269. The lowest BCUT2D eigenvalue weighted by Crippen LogP contribution is -2.25. The maximum absolute atomic E-state index is 5.97. The normalized spacial score (nSPS) is 13.2. The zero-order valence-electron chi connectivity index (χ0n) is 8.70. The summed E-state index contributed by atoms with van der Waals surface area (Å²) in [6.45, 7) is 4.35. The molecule has 0 spiro atoms. The molecule has 0 amide bonds. The number of nitrogens with zero attached hydrogens (tertiary/aromatic N) is 1. The zero-order chi connectivity index (χ0) is 10.6. The van der Waals surface area contributed by atoms with Crippen molar-refractivity contribution in [1.29, 1.82) is 0 Å². The first kappa shape index (κ1) is 11.5. The third-order valence-electron chi connectivity index (χ3n) is 2.03. The molecule has 2 N–H and O–H groups in total. The van der Waals surface area contributed by atoms with Gasteiger partial charge in [0.25, 0.3) is 0 Å². The van der Waals surface area contributed by atoms with Crippen LogP contribution in [0, 0.1) is 5.92 Å². The van der Waals surface area contributed by atoms with Crippen LogP contribution in [0.2, 0.25) is 5.02 Å². The Morgan fingerprint density at radius 2 is 2.14 bits per heavy atom. The van der Waals surface area contributed by atoms with Gasteiger partial charge in [0.1, 0.15) is 0 Å². The van der Waals surface area contributed by atoms with Gasteiger partial charge in [0.05, 0.1) is 5.02 Å². The van der Waals surface area contributed by atoms with Gasteiger partial charge in [-0.25, -0.2) is 0 Å². The second-order valence-corrected chi connectivity index (χ2v) is 4.50. The van der Waals surface area contributed by atoms with Crippen LogP contribution in [-0.2, 0) is 6.42 Å². The van der Waals surface area contributed by atoms with Gasteiger partial charge in [-0.15, -0.1) is 0 Å². The molecule has 0 saturated heterocycles. The summed E-state index contributed by atoms with van der Waals surface area (Å²) in [4.78, 5) is 4.21. The molecule has 78 valence electrons. The number of hydrogen-bond donors (Lipinski definition) is 1. The first-order chi connectivity index (χ1) is 6.58. The lowest BCUT2D eigenvalue weighted by molar-refractivity contribution is 0.490. The Hall–Kier alpha value is -0.600. The molecule has 0 aromatic carbocycles. The lowest BCUT2D eigenvalue weighted by Gasteiger charge is -2.13. The third kappa shape index (κ3) is 4.07. The smallest absolute Gasteiger partial charge is 0.0589 e. The van der Waals surface area contributed by atoms with Gasteiger partial charge in [-0.3, -0.25) is 4.98 Å². The van der Waals surface area contributed by atoms with E-state index in [1.807, 2.05) is 12.1 Å². The van der Waals surface area contributed by atoms with Gasteiger partial charge in [-0.05, 0) is 24.5 Å². The third-order valence-corrected chi connectivity index (χ3v) is 2.26. The highest BCUT2D eigenvalue weighted by atomic mass is 35.5. The van der Waals surface area contributed by atoms with E-state index in [0.29, 0.717) is 10.9 Å². The Balaban J connectivity index is 2.47. The maximum Gasteiger partial charge on any atom is 0.0589 e.